The van der Waals surface area contributed by atoms with E-state index in [1.165, 1.54) is 12.1 Å². The summed E-state index contributed by atoms with van der Waals surface area (Å²) in [6, 6.07) is 5.80. The molecule has 0 saturated carbocycles. The number of nitrogens with one attached hydrogen (secondary N) is 1. The third-order valence-corrected chi connectivity index (χ3v) is 3.73. The van der Waals surface area contributed by atoms with Gasteiger partial charge in [-0.1, -0.05) is 24.3 Å². The Kier molecular flexibility index (Phi) is 3.56. The van der Waals surface area contributed by atoms with Crippen molar-refractivity contribution in [2.45, 2.75) is 12.2 Å². The number of hydrogen-bond donors (Lipinski definition) is 1. The Hall–Kier alpha value is -2.48. The van der Waals surface area contributed by atoms with E-state index in [0.29, 0.717) is 4.42 Å². The van der Waals surface area contributed by atoms with Crippen LogP contribution in [0, 0.1) is 0 Å². The summed E-state index contributed by atoms with van der Waals surface area (Å²) >= 11 is 5.85. The Bertz CT molecular complexity index is 887. The average Bonchev–Trinajstić information content (AvgIpc) is 2.48. The number of aromatic nitrogens is 2. The van der Waals surface area contributed by atoms with E-state index in [4.69, 9.17) is 11.8 Å². The summed E-state index contributed by atoms with van der Waals surface area (Å²) in [4.78, 5) is 26.1. The molecule has 0 saturated heterocycles. The normalized spacial score (nSPS) is 17.2. The number of anilines is 1. The molecule has 1 aromatic heterocycles. The van der Waals surface area contributed by atoms with Crippen molar-refractivity contribution in [1.29, 1.82) is 0 Å². The molecule has 0 bridgehead atoms. The average molecular weight is 344 g/mol. The summed E-state index contributed by atoms with van der Waals surface area (Å²) in [6.45, 7) is 0. The maximum Gasteiger partial charge on any atom is 0.413 e. The van der Waals surface area contributed by atoms with Crippen molar-refractivity contribution in [2.24, 2.45) is 0 Å². The number of hydrogen-bond acceptors (Lipinski definition) is 3. The van der Waals surface area contributed by atoms with Crippen LogP contribution in [0.25, 0.3) is 11.8 Å². The smallest absolute Gasteiger partial charge is 0.273 e. The summed E-state index contributed by atoms with van der Waals surface area (Å²) in [7, 11) is 0. The maximum absolute atomic E-state index is 13.1. The van der Waals surface area contributed by atoms with Crippen LogP contribution in [0.15, 0.2) is 46.0 Å². The van der Waals surface area contributed by atoms with Crippen LogP contribution in [0.1, 0.15) is 5.56 Å². The van der Waals surface area contributed by atoms with Gasteiger partial charge in [0.05, 0.1) is 11.3 Å². The van der Waals surface area contributed by atoms with Gasteiger partial charge < -0.3 is 0 Å². The van der Waals surface area contributed by atoms with E-state index in [9.17, 15) is 22.8 Å². The molecular formula is C14H9ClF3N3O2. The van der Waals surface area contributed by atoms with Gasteiger partial charge in [0.2, 0.25) is 0 Å². The first-order valence-corrected chi connectivity index (χ1v) is 6.79. The minimum atomic E-state index is -4.66. The Balaban J connectivity index is 2.33. The molecule has 1 aliphatic heterocycles. The fraction of sp³-hybridized carbons (Fsp3) is 0.143. The van der Waals surface area contributed by atoms with Crippen molar-refractivity contribution in [2.75, 3.05) is 4.42 Å². The SMILES string of the molecule is O=c1[nH]c(=O)n(-c2ccccc2)c2c1C=CC(C(F)(F)F)N2Cl. The van der Waals surface area contributed by atoms with Gasteiger partial charge in [-0.2, -0.15) is 13.2 Å². The molecule has 9 heteroatoms. The van der Waals surface area contributed by atoms with Gasteiger partial charge in [0.15, 0.2) is 6.04 Å². The largest absolute Gasteiger partial charge is 0.413 e. The van der Waals surface area contributed by atoms with Gasteiger partial charge in [-0.25, -0.2) is 9.36 Å². The summed E-state index contributed by atoms with van der Waals surface area (Å²) in [5.41, 5.74) is -1.52. The first kappa shape index (κ1) is 15.4. The fourth-order valence-corrected chi connectivity index (χ4v) is 2.69. The molecule has 0 amide bonds. The minimum absolute atomic E-state index is 0.121. The second kappa shape index (κ2) is 5.31. The van der Waals surface area contributed by atoms with Crippen LogP contribution in [0.4, 0.5) is 19.0 Å². The molecule has 120 valence electrons. The number of para-hydroxylation sites is 1. The lowest BCUT2D eigenvalue weighted by Crippen LogP contribution is -2.45. The van der Waals surface area contributed by atoms with Crippen LogP contribution < -0.4 is 15.7 Å². The van der Waals surface area contributed by atoms with Crippen LogP contribution in [-0.4, -0.2) is 21.8 Å². The van der Waals surface area contributed by atoms with E-state index in [1.807, 2.05) is 0 Å². The molecule has 0 aliphatic carbocycles. The molecule has 1 N–H and O–H groups in total. The molecule has 0 spiro atoms. The molecule has 5 nitrogen and oxygen atoms in total. The Morgan fingerprint density at radius 3 is 2.39 bits per heavy atom. The van der Waals surface area contributed by atoms with Crippen molar-refractivity contribution in [3.05, 3.63) is 62.8 Å². The summed E-state index contributed by atoms with van der Waals surface area (Å²) in [6.07, 6.45) is -2.87. The molecule has 0 radical (unpaired) electrons. The zero-order valence-corrected chi connectivity index (χ0v) is 12.1. The lowest BCUT2D eigenvalue weighted by molar-refractivity contribution is -0.135. The Morgan fingerprint density at radius 2 is 1.78 bits per heavy atom. The quantitative estimate of drug-likeness (QED) is 0.809. The minimum Gasteiger partial charge on any atom is -0.273 e. The summed E-state index contributed by atoms with van der Waals surface area (Å²) < 4.78 is 40.5. The van der Waals surface area contributed by atoms with E-state index in [-0.39, 0.29) is 17.1 Å². The van der Waals surface area contributed by atoms with Gasteiger partial charge in [-0.3, -0.25) is 14.2 Å². The number of nitrogens with zero attached hydrogens (tertiary/aromatic N) is 2. The van der Waals surface area contributed by atoms with Gasteiger partial charge in [-0.15, -0.1) is 0 Å². The van der Waals surface area contributed by atoms with Crippen molar-refractivity contribution >= 4 is 23.7 Å². The lowest BCUT2D eigenvalue weighted by atomic mass is 10.1. The van der Waals surface area contributed by atoms with Gasteiger partial charge in [0.1, 0.15) is 5.82 Å². The highest BCUT2D eigenvalue weighted by Crippen LogP contribution is 2.36. The second-order valence-corrected chi connectivity index (χ2v) is 5.19. The molecule has 0 fully saturated rings. The highest BCUT2D eigenvalue weighted by Gasteiger charge is 2.45. The van der Waals surface area contributed by atoms with Gasteiger partial charge >= 0.3 is 11.9 Å². The molecule has 2 aromatic rings. The van der Waals surface area contributed by atoms with Crippen molar-refractivity contribution in [3.63, 3.8) is 0 Å². The van der Waals surface area contributed by atoms with Crippen LogP contribution in [-0.2, 0) is 0 Å². The van der Waals surface area contributed by atoms with Crippen molar-refractivity contribution in [1.82, 2.24) is 9.55 Å². The molecule has 3 rings (SSSR count). The molecule has 1 aliphatic rings. The van der Waals surface area contributed by atoms with Crippen molar-refractivity contribution in [3.8, 4) is 5.69 Å². The van der Waals surface area contributed by atoms with Crippen LogP contribution in [0.2, 0.25) is 0 Å². The summed E-state index contributed by atoms with van der Waals surface area (Å²) in [5.74, 6) is -0.323. The number of alkyl halides is 3. The van der Waals surface area contributed by atoms with E-state index >= 15 is 0 Å². The van der Waals surface area contributed by atoms with E-state index in [0.717, 1.165) is 16.7 Å². The molecule has 1 unspecified atom stereocenters. The fourth-order valence-electron chi connectivity index (χ4n) is 2.35. The molecule has 2 heterocycles. The van der Waals surface area contributed by atoms with Crippen molar-refractivity contribution < 1.29 is 13.2 Å². The van der Waals surface area contributed by atoms with Crippen LogP contribution in [0.5, 0.6) is 0 Å². The number of benzene rings is 1. The Labute approximate surface area is 132 Å². The summed E-state index contributed by atoms with van der Waals surface area (Å²) in [5, 5.41) is 0. The van der Waals surface area contributed by atoms with Gasteiger partial charge in [0, 0.05) is 11.8 Å². The van der Waals surface area contributed by atoms with E-state index < -0.39 is 23.5 Å². The monoisotopic (exact) mass is 343 g/mol. The second-order valence-electron chi connectivity index (χ2n) is 4.82. The standard InChI is InChI=1S/C14H9ClF3N3O2/c15-21-10(14(16,17)18)7-6-9-11(22)19-13(23)20(12(9)21)8-4-2-1-3-5-8/h1-7,10H,(H,19,22,23). The molecular weight excluding hydrogens is 335 g/mol. The van der Waals surface area contributed by atoms with E-state index in [1.54, 1.807) is 18.2 Å². The topological polar surface area (TPSA) is 58.1 Å². The zero-order valence-electron chi connectivity index (χ0n) is 11.3. The molecule has 1 aromatic carbocycles. The Morgan fingerprint density at radius 1 is 1.13 bits per heavy atom. The highest BCUT2D eigenvalue weighted by molar-refractivity contribution is 6.26. The number of rotatable bonds is 1. The predicted molar refractivity (Wildman–Crippen MR) is 79.9 cm³/mol. The number of fused-ring (bicyclic) bond motifs is 1. The molecule has 23 heavy (non-hydrogen) atoms. The first-order chi connectivity index (χ1) is 10.8. The third-order valence-electron chi connectivity index (χ3n) is 3.36. The van der Waals surface area contributed by atoms with Gasteiger partial charge in [-0.05, 0) is 18.2 Å². The van der Waals surface area contributed by atoms with Crippen LogP contribution in [0.3, 0.4) is 0 Å². The van der Waals surface area contributed by atoms with Crippen LogP contribution >= 0.6 is 11.8 Å². The third kappa shape index (κ3) is 2.55. The van der Waals surface area contributed by atoms with Gasteiger partial charge in [0.25, 0.3) is 5.56 Å². The predicted octanol–water partition coefficient (Wildman–Crippen LogP) is 2.44. The maximum atomic E-state index is 13.1. The number of H-pyrrole nitrogens is 1. The highest BCUT2D eigenvalue weighted by atomic mass is 35.5. The molecule has 1 atom stereocenters. The van der Waals surface area contributed by atoms with E-state index in [2.05, 4.69) is 4.98 Å². The number of halogens is 4. The lowest BCUT2D eigenvalue weighted by Gasteiger charge is -2.31. The zero-order chi connectivity index (χ0) is 16.8. The number of aromatic amines is 1. The first-order valence-electron chi connectivity index (χ1n) is 6.45.